The summed E-state index contributed by atoms with van der Waals surface area (Å²) in [5.74, 6) is -0.985. The lowest BCUT2D eigenvalue weighted by atomic mass is 10.1. The highest BCUT2D eigenvalue weighted by Gasteiger charge is 2.72. The van der Waals surface area contributed by atoms with Crippen molar-refractivity contribution >= 4 is 37.8 Å². The number of carboxylic acid groups (broad SMARTS) is 1. The van der Waals surface area contributed by atoms with E-state index in [1.165, 1.54) is 0 Å². The van der Waals surface area contributed by atoms with Crippen LogP contribution < -0.4 is 0 Å². The summed E-state index contributed by atoms with van der Waals surface area (Å²) in [4.78, 5) is 10.7. The van der Waals surface area contributed by atoms with Gasteiger partial charge in [0.25, 0.3) is 0 Å². The fourth-order valence-corrected chi connectivity index (χ4v) is 3.78. The summed E-state index contributed by atoms with van der Waals surface area (Å²) in [6.45, 7) is 3.89. The van der Waals surface area contributed by atoms with Crippen molar-refractivity contribution in [2.75, 3.05) is 5.33 Å². The van der Waals surface area contributed by atoms with E-state index in [1.807, 2.05) is 13.8 Å². The zero-order valence-corrected chi connectivity index (χ0v) is 9.57. The van der Waals surface area contributed by atoms with Crippen LogP contribution in [0.4, 0.5) is 0 Å². The molecule has 2 nitrogen and oxygen atoms in total. The number of alkyl halides is 2. The number of carboxylic acids is 1. The Kier molecular flexibility index (Phi) is 2.13. The van der Waals surface area contributed by atoms with E-state index in [-0.39, 0.29) is 15.7 Å². The molecule has 0 aromatic rings. The number of hydrogen-bond acceptors (Lipinski definition) is 1. The lowest BCUT2D eigenvalue weighted by Gasteiger charge is -2.06. The van der Waals surface area contributed by atoms with Gasteiger partial charge >= 0.3 is 5.97 Å². The number of halogens is 2. The molecule has 1 rings (SSSR count). The first-order chi connectivity index (χ1) is 4.88. The second-order valence-corrected chi connectivity index (χ2v) is 5.61. The third-order valence-electron chi connectivity index (χ3n) is 2.74. The SMILES string of the molecule is CC1(Br)C(C(=O)O)C1(C)CBr. The molecular weight excluding hydrogens is 276 g/mol. The molecule has 0 bridgehead atoms. The van der Waals surface area contributed by atoms with Gasteiger partial charge in [0.15, 0.2) is 0 Å². The molecule has 0 spiro atoms. The van der Waals surface area contributed by atoms with Crippen LogP contribution in [0.25, 0.3) is 0 Å². The molecule has 1 N–H and O–H groups in total. The molecule has 3 atom stereocenters. The highest BCUT2D eigenvalue weighted by molar-refractivity contribution is 9.10. The van der Waals surface area contributed by atoms with Crippen LogP contribution in [0.1, 0.15) is 13.8 Å². The monoisotopic (exact) mass is 284 g/mol. The summed E-state index contributed by atoms with van der Waals surface area (Å²) in [5, 5.41) is 9.53. The van der Waals surface area contributed by atoms with Gasteiger partial charge in [0.2, 0.25) is 0 Å². The molecule has 1 saturated carbocycles. The maximum Gasteiger partial charge on any atom is 0.308 e. The first-order valence-corrected chi connectivity index (χ1v) is 5.27. The highest BCUT2D eigenvalue weighted by atomic mass is 79.9. The van der Waals surface area contributed by atoms with E-state index in [2.05, 4.69) is 31.9 Å². The minimum absolute atomic E-state index is 0.140. The first kappa shape index (κ1) is 9.52. The van der Waals surface area contributed by atoms with Gasteiger partial charge in [-0.25, -0.2) is 0 Å². The molecular formula is C7H10Br2O2. The topological polar surface area (TPSA) is 37.3 Å². The van der Waals surface area contributed by atoms with Gasteiger partial charge in [-0.15, -0.1) is 0 Å². The number of rotatable bonds is 2. The van der Waals surface area contributed by atoms with Crippen LogP contribution in [0.5, 0.6) is 0 Å². The molecule has 1 aliphatic rings. The van der Waals surface area contributed by atoms with Crippen molar-refractivity contribution < 1.29 is 9.90 Å². The van der Waals surface area contributed by atoms with Crippen molar-refractivity contribution in [3.8, 4) is 0 Å². The largest absolute Gasteiger partial charge is 0.481 e. The van der Waals surface area contributed by atoms with Crippen molar-refractivity contribution in [2.24, 2.45) is 11.3 Å². The summed E-state index contributed by atoms with van der Waals surface area (Å²) in [5.41, 5.74) is -0.140. The molecule has 4 heteroatoms. The van der Waals surface area contributed by atoms with E-state index in [9.17, 15) is 4.79 Å². The number of carbonyl (C=O) groups is 1. The van der Waals surface area contributed by atoms with Crippen LogP contribution in [0.3, 0.4) is 0 Å². The van der Waals surface area contributed by atoms with E-state index >= 15 is 0 Å². The number of hydrogen-bond donors (Lipinski definition) is 1. The predicted octanol–water partition coefficient (Wildman–Crippen LogP) is 2.26. The molecule has 1 aliphatic carbocycles. The van der Waals surface area contributed by atoms with Gasteiger partial charge in [-0.3, -0.25) is 4.79 Å². The average Bonchev–Trinajstić information content (AvgIpc) is 2.29. The van der Waals surface area contributed by atoms with Gasteiger partial charge in [0.1, 0.15) is 0 Å². The molecule has 0 saturated heterocycles. The maximum absolute atomic E-state index is 10.7. The van der Waals surface area contributed by atoms with Gasteiger partial charge in [-0.05, 0) is 6.92 Å². The summed E-state index contributed by atoms with van der Waals surface area (Å²) in [6.07, 6.45) is 0. The Labute approximate surface area is 82.6 Å². The second kappa shape index (κ2) is 2.46. The Morgan fingerprint density at radius 1 is 1.64 bits per heavy atom. The van der Waals surface area contributed by atoms with Crippen molar-refractivity contribution in [1.82, 2.24) is 0 Å². The molecule has 1 fully saturated rings. The fourth-order valence-electron chi connectivity index (χ4n) is 1.54. The molecule has 0 amide bonds. The molecule has 3 unspecified atom stereocenters. The first-order valence-electron chi connectivity index (χ1n) is 3.35. The third-order valence-corrected chi connectivity index (χ3v) is 5.27. The van der Waals surface area contributed by atoms with Gasteiger partial charge in [0, 0.05) is 15.1 Å². The second-order valence-electron chi connectivity index (χ2n) is 3.40. The minimum Gasteiger partial charge on any atom is -0.481 e. The van der Waals surface area contributed by atoms with Crippen molar-refractivity contribution in [3.63, 3.8) is 0 Å². The lowest BCUT2D eigenvalue weighted by molar-refractivity contribution is -0.139. The Morgan fingerprint density at radius 3 is 2.18 bits per heavy atom. The Bertz CT molecular complexity index is 203. The van der Waals surface area contributed by atoms with E-state index in [4.69, 9.17) is 5.11 Å². The Balaban J connectivity index is 2.83. The quantitative estimate of drug-likeness (QED) is 0.790. The third kappa shape index (κ3) is 1.06. The molecule has 64 valence electrons. The van der Waals surface area contributed by atoms with Crippen LogP contribution in [0.2, 0.25) is 0 Å². The molecule has 0 aromatic carbocycles. The summed E-state index contributed by atoms with van der Waals surface area (Å²) >= 11 is 6.75. The normalized spacial score (nSPS) is 48.9. The van der Waals surface area contributed by atoms with E-state index in [0.29, 0.717) is 0 Å². The van der Waals surface area contributed by atoms with E-state index < -0.39 is 5.97 Å². The molecule has 0 aromatic heterocycles. The molecule has 0 heterocycles. The predicted molar refractivity (Wildman–Crippen MR) is 50.4 cm³/mol. The zero-order valence-electron chi connectivity index (χ0n) is 6.40. The lowest BCUT2D eigenvalue weighted by Crippen LogP contribution is -2.07. The van der Waals surface area contributed by atoms with E-state index in [0.717, 1.165) is 5.33 Å². The standard InChI is InChI=1S/C7H10Br2O2/c1-6(3-8)4(5(10)11)7(6,2)9/h4H,3H2,1-2H3,(H,10,11). The summed E-state index contributed by atoms with van der Waals surface area (Å²) < 4.78 is -0.241. The van der Waals surface area contributed by atoms with Crippen LogP contribution >= 0.6 is 31.9 Å². The minimum atomic E-state index is -0.716. The van der Waals surface area contributed by atoms with E-state index in [1.54, 1.807) is 0 Å². The summed E-state index contributed by atoms with van der Waals surface area (Å²) in [7, 11) is 0. The van der Waals surface area contributed by atoms with Gasteiger partial charge in [-0.2, -0.15) is 0 Å². The van der Waals surface area contributed by atoms with Crippen LogP contribution in [0.15, 0.2) is 0 Å². The van der Waals surface area contributed by atoms with Crippen LogP contribution in [-0.2, 0) is 4.79 Å². The van der Waals surface area contributed by atoms with Gasteiger partial charge in [-0.1, -0.05) is 38.8 Å². The highest BCUT2D eigenvalue weighted by Crippen LogP contribution is 2.67. The summed E-state index contributed by atoms with van der Waals surface area (Å²) in [6, 6.07) is 0. The van der Waals surface area contributed by atoms with Gasteiger partial charge < -0.3 is 5.11 Å². The smallest absolute Gasteiger partial charge is 0.308 e. The van der Waals surface area contributed by atoms with Crippen molar-refractivity contribution in [1.29, 1.82) is 0 Å². The molecule has 0 radical (unpaired) electrons. The zero-order chi connectivity index (χ0) is 8.86. The number of aliphatic carboxylic acids is 1. The maximum atomic E-state index is 10.7. The average molecular weight is 286 g/mol. The van der Waals surface area contributed by atoms with Gasteiger partial charge in [0.05, 0.1) is 5.92 Å². The van der Waals surface area contributed by atoms with Crippen LogP contribution in [-0.4, -0.2) is 20.7 Å². The Hall–Kier alpha value is 0.430. The van der Waals surface area contributed by atoms with Crippen LogP contribution in [0, 0.1) is 11.3 Å². The molecule has 0 aliphatic heterocycles. The Morgan fingerprint density at radius 2 is 2.09 bits per heavy atom. The van der Waals surface area contributed by atoms with Crippen molar-refractivity contribution in [3.05, 3.63) is 0 Å². The fraction of sp³-hybridized carbons (Fsp3) is 0.857. The molecule has 11 heavy (non-hydrogen) atoms. The van der Waals surface area contributed by atoms with Crippen molar-refractivity contribution in [2.45, 2.75) is 18.2 Å².